The molecule has 0 saturated carbocycles. The maximum absolute atomic E-state index is 9.34. The van der Waals surface area contributed by atoms with Gasteiger partial charge in [-0.1, -0.05) is 36.7 Å². The first kappa shape index (κ1) is 12.5. The van der Waals surface area contributed by atoms with Gasteiger partial charge in [-0.3, -0.25) is 0 Å². The van der Waals surface area contributed by atoms with E-state index < -0.39 is 0 Å². The summed E-state index contributed by atoms with van der Waals surface area (Å²) >= 11 is 6.00. The number of nitrogens with one attached hydrogen (secondary N) is 1. The normalized spacial score (nSPS) is 12.7. The smallest absolute Gasteiger partial charge is 0.0549 e. The second-order valence-corrected chi connectivity index (χ2v) is 4.03. The molecule has 1 aromatic carbocycles. The molecule has 0 aliphatic rings. The molecule has 3 heteroatoms. The van der Waals surface area contributed by atoms with Crippen molar-refractivity contribution in [1.82, 2.24) is 5.32 Å². The number of aliphatic hydroxyl groups excluding tert-OH is 1. The topological polar surface area (TPSA) is 32.3 Å². The molecular weight excluding hydrogens is 210 g/mol. The van der Waals surface area contributed by atoms with Gasteiger partial charge in [-0.15, -0.1) is 0 Å². The van der Waals surface area contributed by atoms with Crippen LogP contribution in [0.4, 0.5) is 0 Å². The van der Waals surface area contributed by atoms with Gasteiger partial charge in [0.1, 0.15) is 0 Å². The first-order valence-electron chi connectivity index (χ1n) is 5.36. The van der Waals surface area contributed by atoms with Gasteiger partial charge in [0.25, 0.3) is 0 Å². The van der Waals surface area contributed by atoms with Crippen molar-refractivity contribution in [2.75, 3.05) is 6.54 Å². The monoisotopic (exact) mass is 227 g/mol. The summed E-state index contributed by atoms with van der Waals surface area (Å²) in [5.41, 5.74) is 1.10. The van der Waals surface area contributed by atoms with E-state index in [4.69, 9.17) is 11.6 Å². The number of hydrogen-bond acceptors (Lipinski definition) is 2. The van der Waals surface area contributed by atoms with Crippen LogP contribution in [0.1, 0.15) is 25.3 Å². The fourth-order valence-corrected chi connectivity index (χ4v) is 1.54. The van der Waals surface area contributed by atoms with Gasteiger partial charge in [0.15, 0.2) is 0 Å². The van der Waals surface area contributed by atoms with Crippen LogP contribution in [0.25, 0.3) is 0 Å². The molecular formula is C12H18ClNO. The highest BCUT2D eigenvalue weighted by Crippen LogP contribution is 2.14. The van der Waals surface area contributed by atoms with Gasteiger partial charge < -0.3 is 10.4 Å². The molecule has 84 valence electrons. The van der Waals surface area contributed by atoms with Crippen LogP contribution < -0.4 is 5.32 Å². The van der Waals surface area contributed by atoms with Crippen molar-refractivity contribution in [2.45, 2.75) is 32.4 Å². The van der Waals surface area contributed by atoms with E-state index >= 15 is 0 Å². The Hall–Kier alpha value is -0.570. The maximum atomic E-state index is 9.34. The fourth-order valence-electron chi connectivity index (χ4n) is 1.34. The Kier molecular flexibility index (Phi) is 5.69. The molecule has 15 heavy (non-hydrogen) atoms. The summed E-state index contributed by atoms with van der Waals surface area (Å²) in [6.07, 6.45) is 1.41. The largest absolute Gasteiger partial charge is 0.393 e. The zero-order chi connectivity index (χ0) is 11.1. The van der Waals surface area contributed by atoms with E-state index in [0.29, 0.717) is 0 Å². The molecule has 1 atom stereocenters. The molecule has 0 heterocycles. The molecule has 0 radical (unpaired) electrons. The Morgan fingerprint density at radius 2 is 2.13 bits per heavy atom. The molecule has 0 aliphatic heterocycles. The summed E-state index contributed by atoms with van der Waals surface area (Å²) < 4.78 is 0. The Morgan fingerprint density at radius 1 is 1.40 bits per heavy atom. The molecule has 0 saturated heterocycles. The quantitative estimate of drug-likeness (QED) is 0.733. The highest BCUT2D eigenvalue weighted by atomic mass is 35.5. The van der Waals surface area contributed by atoms with Crippen molar-refractivity contribution in [2.24, 2.45) is 0 Å². The average Bonchev–Trinajstić information content (AvgIpc) is 2.26. The summed E-state index contributed by atoms with van der Waals surface area (Å²) in [7, 11) is 0. The lowest BCUT2D eigenvalue weighted by atomic mass is 10.2. The minimum Gasteiger partial charge on any atom is -0.393 e. The van der Waals surface area contributed by atoms with Crippen LogP contribution in [0.15, 0.2) is 24.3 Å². The summed E-state index contributed by atoms with van der Waals surface area (Å²) in [6.45, 7) is 3.56. The minimum absolute atomic E-state index is 0.191. The Balaban J connectivity index is 2.23. The first-order valence-corrected chi connectivity index (χ1v) is 5.74. The van der Waals surface area contributed by atoms with Gasteiger partial charge in [-0.05, 0) is 31.0 Å². The predicted octanol–water partition coefficient (Wildman–Crippen LogP) is 2.59. The van der Waals surface area contributed by atoms with E-state index in [1.165, 1.54) is 0 Å². The van der Waals surface area contributed by atoms with Gasteiger partial charge in [-0.25, -0.2) is 0 Å². The molecule has 0 aliphatic carbocycles. The molecule has 1 unspecified atom stereocenters. The summed E-state index contributed by atoms with van der Waals surface area (Å²) in [5.74, 6) is 0. The van der Waals surface area contributed by atoms with E-state index in [9.17, 15) is 5.11 Å². The van der Waals surface area contributed by atoms with Gasteiger partial charge in [0.2, 0.25) is 0 Å². The number of aliphatic hydroxyl groups is 1. The standard InChI is InChI=1S/C12H18ClNO/c1-2-11(15)7-8-14-9-10-5-3-4-6-12(10)13/h3-6,11,14-15H,2,7-9H2,1H3. The zero-order valence-corrected chi connectivity index (χ0v) is 9.80. The van der Waals surface area contributed by atoms with Crippen LogP contribution in [0.3, 0.4) is 0 Å². The van der Waals surface area contributed by atoms with Crippen LogP contribution >= 0.6 is 11.6 Å². The van der Waals surface area contributed by atoms with Crippen molar-refractivity contribution >= 4 is 11.6 Å². The lowest BCUT2D eigenvalue weighted by molar-refractivity contribution is 0.159. The second kappa shape index (κ2) is 6.83. The molecule has 0 spiro atoms. The van der Waals surface area contributed by atoms with Crippen LogP contribution in [0.5, 0.6) is 0 Å². The second-order valence-electron chi connectivity index (χ2n) is 3.62. The van der Waals surface area contributed by atoms with E-state index in [-0.39, 0.29) is 6.10 Å². The third-order valence-electron chi connectivity index (χ3n) is 2.40. The third kappa shape index (κ3) is 4.65. The summed E-state index contributed by atoms with van der Waals surface area (Å²) in [5, 5.41) is 13.4. The van der Waals surface area contributed by atoms with E-state index in [2.05, 4.69) is 5.32 Å². The van der Waals surface area contributed by atoms with Gasteiger partial charge in [0, 0.05) is 11.6 Å². The number of rotatable bonds is 6. The Bertz CT molecular complexity index is 291. The van der Waals surface area contributed by atoms with E-state index in [1.807, 2.05) is 31.2 Å². The Morgan fingerprint density at radius 3 is 2.80 bits per heavy atom. The predicted molar refractivity (Wildman–Crippen MR) is 64.1 cm³/mol. The minimum atomic E-state index is -0.191. The van der Waals surface area contributed by atoms with E-state index in [1.54, 1.807) is 0 Å². The molecule has 0 fully saturated rings. The van der Waals surface area contributed by atoms with Crippen LogP contribution in [0, 0.1) is 0 Å². The highest BCUT2D eigenvalue weighted by Gasteiger charge is 2.01. The molecule has 2 N–H and O–H groups in total. The highest BCUT2D eigenvalue weighted by molar-refractivity contribution is 6.31. The molecule has 1 aromatic rings. The lowest BCUT2D eigenvalue weighted by Gasteiger charge is -2.09. The summed E-state index contributed by atoms with van der Waals surface area (Å²) in [4.78, 5) is 0. The van der Waals surface area contributed by atoms with Crippen LogP contribution in [-0.4, -0.2) is 17.8 Å². The molecule has 2 nitrogen and oxygen atoms in total. The first-order chi connectivity index (χ1) is 7.24. The number of halogens is 1. The molecule has 0 amide bonds. The Labute approximate surface area is 96.3 Å². The molecule has 1 rings (SSSR count). The van der Waals surface area contributed by atoms with Gasteiger partial charge >= 0.3 is 0 Å². The van der Waals surface area contributed by atoms with E-state index in [0.717, 1.165) is 36.5 Å². The van der Waals surface area contributed by atoms with Crippen molar-refractivity contribution in [3.8, 4) is 0 Å². The van der Waals surface area contributed by atoms with Gasteiger partial charge in [0.05, 0.1) is 6.10 Å². The fraction of sp³-hybridized carbons (Fsp3) is 0.500. The molecule has 0 bridgehead atoms. The average molecular weight is 228 g/mol. The van der Waals surface area contributed by atoms with Crippen molar-refractivity contribution < 1.29 is 5.11 Å². The zero-order valence-electron chi connectivity index (χ0n) is 9.04. The van der Waals surface area contributed by atoms with Crippen molar-refractivity contribution in [3.05, 3.63) is 34.9 Å². The molecule has 0 aromatic heterocycles. The lowest BCUT2D eigenvalue weighted by Crippen LogP contribution is -2.19. The van der Waals surface area contributed by atoms with Gasteiger partial charge in [-0.2, -0.15) is 0 Å². The number of benzene rings is 1. The maximum Gasteiger partial charge on any atom is 0.0549 e. The summed E-state index contributed by atoms with van der Waals surface area (Å²) in [6, 6.07) is 7.79. The van der Waals surface area contributed by atoms with Crippen molar-refractivity contribution in [3.63, 3.8) is 0 Å². The number of hydrogen-bond donors (Lipinski definition) is 2. The van der Waals surface area contributed by atoms with Crippen molar-refractivity contribution in [1.29, 1.82) is 0 Å². The van der Waals surface area contributed by atoms with Crippen LogP contribution in [-0.2, 0) is 6.54 Å². The SMILES string of the molecule is CCC(O)CCNCc1ccccc1Cl. The third-order valence-corrected chi connectivity index (χ3v) is 2.77. The van der Waals surface area contributed by atoms with Crippen LogP contribution in [0.2, 0.25) is 5.02 Å².